The summed E-state index contributed by atoms with van der Waals surface area (Å²) in [7, 11) is 0. The smallest absolute Gasteiger partial charge is 0.325 e. The molecule has 2 heterocycles. The third-order valence-electron chi connectivity index (χ3n) is 4.23. The van der Waals surface area contributed by atoms with Crippen LogP contribution in [0, 0.1) is 0 Å². The number of amides is 4. The Morgan fingerprint density at radius 1 is 1.50 bits per heavy atom. The van der Waals surface area contributed by atoms with Gasteiger partial charge >= 0.3 is 6.03 Å². The molecule has 0 unspecified atom stereocenters. The highest BCUT2D eigenvalue weighted by Crippen LogP contribution is 2.32. The average Bonchev–Trinajstić information content (AvgIpc) is 3.10. The van der Waals surface area contributed by atoms with Gasteiger partial charge in [0.1, 0.15) is 6.54 Å². The molecule has 1 N–H and O–H groups in total. The normalized spacial score (nSPS) is 24.5. The molecule has 0 radical (unpaired) electrons. The zero-order valence-corrected chi connectivity index (χ0v) is 13.5. The standard InChI is InChI=1S/C15H19N3O3S/c1-3-17(10-6-7-10)12(19)9-18-13(20)15(2,16-14(18)21)11-5-4-8-22-11/h4-5,8,10H,3,6-7,9H2,1-2H3,(H,16,21)/t15-/m0/s1. The SMILES string of the molecule is CCN(C(=O)CN1C(=O)N[C@@](C)(c2cccs2)C1=O)C1CC1. The summed E-state index contributed by atoms with van der Waals surface area (Å²) in [4.78, 5) is 40.7. The van der Waals surface area contributed by atoms with Gasteiger partial charge in [-0.2, -0.15) is 0 Å². The maximum atomic E-state index is 12.6. The molecular formula is C15H19N3O3S. The Morgan fingerprint density at radius 3 is 2.77 bits per heavy atom. The van der Waals surface area contributed by atoms with E-state index in [9.17, 15) is 14.4 Å². The zero-order chi connectivity index (χ0) is 15.9. The largest absolute Gasteiger partial charge is 0.338 e. The Labute approximate surface area is 133 Å². The summed E-state index contributed by atoms with van der Waals surface area (Å²) in [5.74, 6) is -0.524. The van der Waals surface area contributed by atoms with Crippen LogP contribution in [-0.4, -0.2) is 46.8 Å². The molecule has 1 saturated carbocycles. The lowest BCUT2D eigenvalue weighted by Crippen LogP contribution is -2.45. The second-order valence-corrected chi connectivity index (χ2v) is 6.78. The van der Waals surface area contributed by atoms with Crippen LogP contribution in [0.15, 0.2) is 17.5 Å². The second kappa shape index (κ2) is 5.39. The number of likely N-dealkylation sites (N-methyl/N-ethyl adjacent to an activating group) is 1. The van der Waals surface area contributed by atoms with Crippen LogP contribution in [0.3, 0.4) is 0 Å². The van der Waals surface area contributed by atoms with Crippen LogP contribution in [0.4, 0.5) is 4.79 Å². The minimum Gasteiger partial charge on any atom is -0.338 e. The van der Waals surface area contributed by atoms with Gasteiger partial charge in [0, 0.05) is 17.5 Å². The average molecular weight is 321 g/mol. The molecule has 1 atom stereocenters. The van der Waals surface area contributed by atoms with Gasteiger partial charge in [-0.3, -0.25) is 14.5 Å². The Hall–Kier alpha value is -1.89. The fourth-order valence-corrected chi connectivity index (χ4v) is 3.66. The number of thiophene rings is 1. The van der Waals surface area contributed by atoms with Crippen molar-refractivity contribution in [3.63, 3.8) is 0 Å². The van der Waals surface area contributed by atoms with E-state index in [0.717, 1.165) is 22.6 Å². The van der Waals surface area contributed by atoms with Gasteiger partial charge in [-0.05, 0) is 38.1 Å². The van der Waals surface area contributed by atoms with E-state index in [1.165, 1.54) is 11.3 Å². The first-order valence-corrected chi connectivity index (χ1v) is 8.33. The van der Waals surface area contributed by atoms with Crippen molar-refractivity contribution < 1.29 is 14.4 Å². The van der Waals surface area contributed by atoms with Gasteiger partial charge in [0.05, 0.1) is 0 Å². The van der Waals surface area contributed by atoms with Gasteiger partial charge in [0.15, 0.2) is 5.54 Å². The van der Waals surface area contributed by atoms with Gasteiger partial charge in [-0.15, -0.1) is 11.3 Å². The number of hydrogen-bond acceptors (Lipinski definition) is 4. The van der Waals surface area contributed by atoms with Crippen molar-refractivity contribution in [2.75, 3.05) is 13.1 Å². The van der Waals surface area contributed by atoms with E-state index in [0.29, 0.717) is 6.54 Å². The van der Waals surface area contributed by atoms with Crippen molar-refractivity contribution in [1.29, 1.82) is 0 Å². The molecule has 2 aliphatic rings. The molecule has 7 heteroatoms. The van der Waals surface area contributed by atoms with Gasteiger partial charge in [-0.25, -0.2) is 4.79 Å². The summed E-state index contributed by atoms with van der Waals surface area (Å²) in [5.41, 5.74) is -1.07. The van der Waals surface area contributed by atoms with Crippen LogP contribution >= 0.6 is 11.3 Å². The number of carbonyl (C=O) groups excluding carboxylic acids is 3. The molecule has 0 aromatic carbocycles. The summed E-state index contributed by atoms with van der Waals surface area (Å²) >= 11 is 1.41. The highest BCUT2D eigenvalue weighted by Gasteiger charge is 2.50. The molecule has 6 nitrogen and oxygen atoms in total. The van der Waals surface area contributed by atoms with Crippen molar-refractivity contribution in [3.8, 4) is 0 Å². The fourth-order valence-electron chi connectivity index (χ4n) is 2.82. The molecule has 0 bridgehead atoms. The molecule has 1 aromatic rings. The Balaban J connectivity index is 1.76. The minimum atomic E-state index is -1.07. The molecule has 1 aliphatic heterocycles. The molecule has 118 valence electrons. The van der Waals surface area contributed by atoms with E-state index >= 15 is 0 Å². The fraction of sp³-hybridized carbons (Fsp3) is 0.533. The van der Waals surface area contributed by atoms with Gasteiger partial charge < -0.3 is 10.2 Å². The number of urea groups is 1. The zero-order valence-electron chi connectivity index (χ0n) is 12.7. The highest BCUT2D eigenvalue weighted by atomic mass is 32.1. The van der Waals surface area contributed by atoms with Crippen molar-refractivity contribution in [2.45, 2.75) is 38.3 Å². The van der Waals surface area contributed by atoms with Gasteiger partial charge in [0.25, 0.3) is 5.91 Å². The minimum absolute atomic E-state index is 0.163. The van der Waals surface area contributed by atoms with E-state index in [4.69, 9.17) is 0 Å². The molecule has 3 rings (SSSR count). The topological polar surface area (TPSA) is 69.7 Å². The lowest BCUT2D eigenvalue weighted by atomic mass is 10.0. The van der Waals surface area contributed by atoms with E-state index in [-0.39, 0.29) is 24.4 Å². The maximum absolute atomic E-state index is 12.6. The number of rotatable bonds is 5. The molecule has 2 fully saturated rings. The molecule has 1 aliphatic carbocycles. The van der Waals surface area contributed by atoms with Crippen molar-refractivity contribution in [2.24, 2.45) is 0 Å². The van der Waals surface area contributed by atoms with Crippen LogP contribution in [-0.2, 0) is 15.1 Å². The van der Waals surface area contributed by atoms with E-state index in [1.54, 1.807) is 11.8 Å². The lowest BCUT2D eigenvalue weighted by Gasteiger charge is -2.23. The Bertz CT molecular complexity index is 612. The molecule has 0 spiro atoms. The lowest BCUT2D eigenvalue weighted by molar-refractivity contribution is -0.139. The van der Waals surface area contributed by atoms with Crippen LogP contribution in [0.2, 0.25) is 0 Å². The van der Waals surface area contributed by atoms with Crippen LogP contribution in [0.25, 0.3) is 0 Å². The van der Waals surface area contributed by atoms with E-state index in [2.05, 4.69) is 5.32 Å². The van der Waals surface area contributed by atoms with Crippen molar-refractivity contribution >= 4 is 29.2 Å². The highest BCUT2D eigenvalue weighted by molar-refractivity contribution is 7.10. The summed E-state index contributed by atoms with van der Waals surface area (Å²) in [6, 6.07) is 3.43. The van der Waals surface area contributed by atoms with Crippen molar-refractivity contribution in [1.82, 2.24) is 15.1 Å². The number of hydrogen-bond donors (Lipinski definition) is 1. The predicted molar refractivity (Wildman–Crippen MR) is 82.3 cm³/mol. The summed E-state index contributed by atoms with van der Waals surface area (Å²) < 4.78 is 0. The quantitative estimate of drug-likeness (QED) is 0.836. The first kappa shape index (κ1) is 15.0. The van der Waals surface area contributed by atoms with Gasteiger partial charge in [-0.1, -0.05) is 6.07 Å². The monoisotopic (exact) mass is 321 g/mol. The summed E-state index contributed by atoms with van der Waals surface area (Å²) in [6.07, 6.45) is 2.01. The first-order chi connectivity index (χ1) is 10.5. The molecule has 4 amide bonds. The first-order valence-electron chi connectivity index (χ1n) is 7.45. The molecule has 22 heavy (non-hydrogen) atoms. The third kappa shape index (κ3) is 2.39. The molecule has 1 saturated heterocycles. The predicted octanol–water partition coefficient (Wildman–Crippen LogP) is 1.53. The van der Waals surface area contributed by atoms with Crippen LogP contribution in [0.1, 0.15) is 31.6 Å². The number of nitrogens with one attached hydrogen (secondary N) is 1. The summed E-state index contributed by atoms with van der Waals surface area (Å²) in [5, 5.41) is 4.58. The Morgan fingerprint density at radius 2 is 2.23 bits per heavy atom. The number of carbonyl (C=O) groups is 3. The number of nitrogens with zero attached hydrogens (tertiary/aromatic N) is 2. The maximum Gasteiger partial charge on any atom is 0.325 e. The number of imide groups is 1. The van der Waals surface area contributed by atoms with E-state index < -0.39 is 11.6 Å². The second-order valence-electron chi connectivity index (χ2n) is 5.83. The van der Waals surface area contributed by atoms with Crippen molar-refractivity contribution in [3.05, 3.63) is 22.4 Å². The van der Waals surface area contributed by atoms with Gasteiger partial charge in [0.2, 0.25) is 5.91 Å². The summed E-state index contributed by atoms with van der Waals surface area (Å²) in [6.45, 7) is 4.02. The Kier molecular flexibility index (Phi) is 3.68. The molecular weight excluding hydrogens is 302 g/mol. The molecule has 1 aromatic heterocycles. The van der Waals surface area contributed by atoms with Crippen LogP contribution < -0.4 is 5.32 Å². The van der Waals surface area contributed by atoms with E-state index in [1.807, 2.05) is 24.4 Å². The van der Waals surface area contributed by atoms with Crippen LogP contribution in [0.5, 0.6) is 0 Å². The third-order valence-corrected chi connectivity index (χ3v) is 5.32.